The molecule has 0 aromatic carbocycles. The molecular weight excluding hydrogens is 356 g/mol. The summed E-state index contributed by atoms with van der Waals surface area (Å²) in [5.41, 5.74) is 6.61. The highest BCUT2D eigenvalue weighted by Crippen LogP contribution is 2.18. The average Bonchev–Trinajstić information content (AvgIpc) is 2.61. The largest absolute Gasteiger partial charge is 0.444 e. The van der Waals surface area contributed by atoms with Crippen molar-refractivity contribution in [3.8, 4) is 0 Å². The molecule has 156 valence electrons. The van der Waals surface area contributed by atoms with Gasteiger partial charge in [-0.25, -0.2) is 4.79 Å². The quantitative estimate of drug-likeness (QED) is 0.778. The van der Waals surface area contributed by atoms with Crippen LogP contribution in [0, 0.1) is 5.92 Å². The van der Waals surface area contributed by atoms with E-state index in [0.717, 1.165) is 44.5 Å². The Morgan fingerprint density at radius 2 is 2.00 bits per heavy atom. The summed E-state index contributed by atoms with van der Waals surface area (Å²) in [7, 11) is 0. The predicted octanol–water partition coefficient (Wildman–Crippen LogP) is 3.14. The van der Waals surface area contributed by atoms with Gasteiger partial charge in [0.05, 0.1) is 11.9 Å². The van der Waals surface area contributed by atoms with Gasteiger partial charge in [-0.3, -0.25) is 9.78 Å². The number of hydrogen-bond acceptors (Lipinski definition) is 5. The molecule has 2 rings (SSSR count). The maximum atomic E-state index is 13.0. The summed E-state index contributed by atoms with van der Waals surface area (Å²) in [4.78, 5) is 31.4. The Morgan fingerprint density at radius 3 is 2.57 bits per heavy atom. The van der Waals surface area contributed by atoms with Crippen molar-refractivity contribution in [2.24, 2.45) is 5.92 Å². The van der Waals surface area contributed by atoms with Crippen molar-refractivity contribution in [2.45, 2.75) is 71.4 Å². The second kappa shape index (κ2) is 9.75. The van der Waals surface area contributed by atoms with Gasteiger partial charge in [-0.2, -0.15) is 0 Å². The van der Waals surface area contributed by atoms with E-state index in [-0.39, 0.29) is 5.91 Å². The smallest absolute Gasteiger partial charge is 0.408 e. The molecule has 2 heterocycles. The lowest BCUT2D eigenvalue weighted by Gasteiger charge is -2.33. The van der Waals surface area contributed by atoms with Crippen molar-refractivity contribution >= 4 is 17.7 Å². The molecule has 0 unspecified atom stereocenters. The van der Waals surface area contributed by atoms with Crippen LogP contribution in [0.2, 0.25) is 0 Å². The fourth-order valence-corrected chi connectivity index (χ4v) is 3.23. The Balaban J connectivity index is 1.97. The molecule has 28 heavy (non-hydrogen) atoms. The van der Waals surface area contributed by atoms with E-state index < -0.39 is 17.7 Å². The highest BCUT2D eigenvalue weighted by Gasteiger charge is 2.29. The van der Waals surface area contributed by atoms with Crippen molar-refractivity contribution in [3.63, 3.8) is 0 Å². The van der Waals surface area contributed by atoms with Gasteiger partial charge in [-0.1, -0.05) is 6.92 Å². The molecule has 0 saturated carbocycles. The number of nitrogen functional groups attached to an aromatic ring is 1. The lowest BCUT2D eigenvalue weighted by atomic mass is 9.98. The summed E-state index contributed by atoms with van der Waals surface area (Å²) in [5, 5.41) is 2.78. The van der Waals surface area contributed by atoms with Crippen molar-refractivity contribution in [1.29, 1.82) is 0 Å². The Bertz CT molecular complexity index is 647. The minimum atomic E-state index is -0.605. The number of nitrogens with zero attached hydrogens (tertiary/aromatic N) is 2. The lowest BCUT2D eigenvalue weighted by Crippen LogP contribution is -2.51. The number of aromatic nitrogens is 1. The molecule has 1 aliphatic rings. The zero-order valence-corrected chi connectivity index (χ0v) is 17.5. The number of rotatable bonds is 6. The van der Waals surface area contributed by atoms with Crippen LogP contribution in [0.15, 0.2) is 18.3 Å². The number of carbonyl (C=O) groups excluding carboxylic acids is 2. The number of amides is 2. The number of aryl methyl sites for hydroxylation is 1. The van der Waals surface area contributed by atoms with E-state index in [1.807, 2.05) is 37.8 Å². The number of alkyl carbamates (subject to hydrolysis) is 1. The maximum Gasteiger partial charge on any atom is 0.408 e. The second-order valence-electron chi connectivity index (χ2n) is 8.68. The van der Waals surface area contributed by atoms with Crippen LogP contribution in [0.4, 0.5) is 10.5 Å². The Labute approximate surface area is 168 Å². The Morgan fingerprint density at radius 1 is 1.32 bits per heavy atom. The third kappa shape index (κ3) is 7.37. The SMILES string of the molecule is CC1CCN(C(=O)[C@H](CCCc2ccc(N)cn2)NC(=O)OC(C)(C)C)CC1. The van der Waals surface area contributed by atoms with Crippen LogP contribution in [0.25, 0.3) is 0 Å². The number of carbonyl (C=O) groups is 2. The van der Waals surface area contributed by atoms with Crippen LogP contribution in [0.5, 0.6) is 0 Å². The maximum absolute atomic E-state index is 13.0. The van der Waals surface area contributed by atoms with Crippen molar-refractivity contribution in [1.82, 2.24) is 15.2 Å². The zero-order chi connectivity index (χ0) is 20.7. The Hall–Kier alpha value is -2.31. The molecule has 0 aliphatic carbocycles. The van der Waals surface area contributed by atoms with E-state index in [1.165, 1.54) is 0 Å². The van der Waals surface area contributed by atoms with E-state index in [2.05, 4.69) is 17.2 Å². The molecule has 0 bridgehead atoms. The summed E-state index contributed by atoms with van der Waals surface area (Å²) in [6.45, 7) is 9.11. The molecule has 1 aromatic heterocycles. The van der Waals surface area contributed by atoms with E-state index in [4.69, 9.17) is 10.5 Å². The number of nitrogens with one attached hydrogen (secondary N) is 1. The van der Waals surface area contributed by atoms with Crippen LogP contribution in [0.3, 0.4) is 0 Å². The molecule has 1 atom stereocenters. The molecule has 1 aromatic rings. The van der Waals surface area contributed by atoms with E-state index >= 15 is 0 Å². The van der Waals surface area contributed by atoms with Gasteiger partial charge in [-0.15, -0.1) is 0 Å². The monoisotopic (exact) mass is 390 g/mol. The normalized spacial score (nSPS) is 16.5. The van der Waals surface area contributed by atoms with Crippen LogP contribution in [0.1, 0.15) is 59.1 Å². The van der Waals surface area contributed by atoms with Gasteiger partial charge in [0.25, 0.3) is 0 Å². The van der Waals surface area contributed by atoms with E-state index in [9.17, 15) is 9.59 Å². The molecule has 7 heteroatoms. The molecule has 0 radical (unpaired) electrons. The number of hydrogen-bond donors (Lipinski definition) is 2. The number of nitrogens with two attached hydrogens (primary N) is 1. The van der Waals surface area contributed by atoms with Crippen LogP contribution >= 0.6 is 0 Å². The average molecular weight is 391 g/mol. The molecule has 1 saturated heterocycles. The minimum Gasteiger partial charge on any atom is -0.444 e. The first-order valence-electron chi connectivity index (χ1n) is 10.1. The van der Waals surface area contributed by atoms with Crippen molar-refractivity contribution < 1.29 is 14.3 Å². The fraction of sp³-hybridized carbons (Fsp3) is 0.667. The number of pyridine rings is 1. The van der Waals surface area contributed by atoms with Gasteiger partial charge in [0.1, 0.15) is 11.6 Å². The molecule has 0 spiro atoms. The highest BCUT2D eigenvalue weighted by molar-refractivity contribution is 5.85. The number of ether oxygens (including phenoxy) is 1. The zero-order valence-electron chi connectivity index (χ0n) is 17.5. The topological polar surface area (TPSA) is 97.5 Å². The first kappa shape index (κ1) is 22.0. The second-order valence-corrected chi connectivity index (χ2v) is 8.68. The van der Waals surface area contributed by atoms with Crippen molar-refractivity contribution in [2.75, 3.05) is 18.8 Å². The van der Waals surface area contributed by atoms with Gasteiger partial charge < -0.3 is 20.7 Å². The van der Waals surface area contributed by atoms with Gasteiger partial charge >= 0.3 is 6.09 Å². The highest BCUT2D eigenvalue weighted by atomic mass is 16.6. The molecular formula is C21H34N4O3. The lowest BCUT2D eigenvalue weighted by molar-refractivity contribution is -0.135. The van der Waals surface area contributed by atoms with E-state index in [1.54, 1.807) is 6.20 Å². The molecule has 7 nitrogen and oxygen atoms in total. The predicted molar refractivity (Wildman–Crippen MR) is 110 cm³/mol. The summed E-state index contributed by atoms with van der Waals surface area (Å²) in [6.07, 6.45) is 5.06. The summed E-state index contributed by atoms with van der Waals surface area (Å²) in [6, 6.07) is 3.12. The summed E-state index contributed by atoms with van der Waals surface area (Å²) < 4.78 is 5.35. The Kier molecular flexibility index (Phi) is 7.66. The molecule has 3 N–H and O–H groups in total. The molecule has 1 fully saturated rings. The minimum absolute atomic E-state index is 0.0250. The summed E-state index contributed by atoms with van der Waals surface area (Å²) in [5.74, 6) is 0.612. The van der Waals surface area contributed by atoms with Crippen LogP contribution in [-0.4, -0.2) is 46.6 Å². The van der Waals surface area contributed by atoms with Crippen LogP contribution < -0.4 is 11.1 Å². The summed E-state index contributed by atoms with van der Waals surface area (Å²) >= 11 is 0. The molecule has 2 amide bonds. The number of anilines is 1. The first-order chi connectivity index (χ1) is 13.1. The first-order valence-corrected chi connectivity index (χ1v) is 10.1. The number of likely N-dealkylation sites (tertiary alicyclic amines) is 1. The standard InChI is InChI=1S/C21H34N4O3/c1-15-10-12-25(13-11-15)19(26)18(24-20(27)28-21(2,3)4)7-5-6-17-9-8-16(22)14-23-17/h8-9,14-15,18H,5-7,10-13,22H2,1-4H3,(H,24,27)/t18-/m0/s1. The fourth-order valence-electron chi connectivity index (χ4n) is 3.23. The molecule has 1 aliphatic heterocycles. The van der Waals surface area contributed by atoms with Gasteiger partial charge in [0, 0.05) is 18.8 Å². The van der Waals surface area contributed by atoms with Gasteiger partial charge in [0.2, 0.25) is 5.91 Å². The third-order valence-electron chi connectivity index (χ3n) is 4.86. The third-order valence-corrected chi connectivity index (χ3v) is 4.86. The number of piperidine rings is 1. The van der Waals surface area contributed by atoms with Crippen molar-refractivity contribution in [3.05, 3.63) is 24.0 Å². The van der Waals surface area contributed by atoms with Gasteiger partial charge in [-0.05, 0) is 70.9 Å². The van der Waals surface area contributed by atoms with Gasteiger partial charge in [0.15, 0.2) is 0 Å². The van der Waals surface area contributed by atoms with E-state index in [0.29, 0.717) is 18.0 Å². The van der Waals surface area contributed by atoms with Crippen LogP contribution in [-0.2, 0) is 16.0 Å².